The first-order valence-electron chi connectivity index (χ1n) is 13.2. The van der Waals surface area contributed by atoms with E-state index in [2.05, 4.69) is 40.7 Å². The maximum atomic E-state index is 12.9. The summed E-state index contributed by atoms with van der Waals surface area (Å²) in [7, 11) is 0. The van der Waals surface area contributed by atoms with Crippen LogP contribution in [0.1, 0.15) is 83.6 Å². The zero-order valence-corrected chi connectivity index (χ0v) is 21.9. The minimum Gasteiger partial charge on any atom is -0.481 e. The van der Waals surface area contributed by atoms with Crippen LogP contribution >= 0.6 is 0 Å². The van der Waals surface area contributed by atoms with Crippen molar-refractivity contribution in [1.29, 1.82) is 0 Å². The Balaban J connectivity index is 1.45. The molecule has 0 bridgehead atoms. The molecule has 2 aliphatic heterocycles. The Morgan fingerprint density at radius 1 is 0.941 bits per heavy atom. The normalized spacial score (nSPS) is 41.6. The van der Waals surface area contributed by atoms with E-state index in [0.29, 0.717) is 37.2 Å². The third-order valence-electron chi connectivity index (χ3n) is 11.5. The summed E-state index contributed by atoms with van der Waals surface area (Å²) in [4.78, 5) is 12.9. The zero-order chi connectivity index (χ0) is 24.3. The molecule has 2 saturated carbocycles. The Bertz CT molecular complexity index is 1140. The van der Waals surface area contributed by atoms with Crippen molar-refractivity contribution in [3.8, 4) is 5.75 Å². The first kappa shape index (κ1) is 22.8. The molecule has 0 amide bonds. The Hall–Kier alpha value is -1.59. The van der Waals surface area contributed by atoms with Gasteiger partial charge in [-0.1, -0.05) is 33.8 Å². The monoisotopic (exact) mass is 468 g/mol. The predicted molar refractivity (Wildman–Crippen MR) is 130 cm³/mol. The molecule has 0 radical (unpaired) electrons. The zero-order valence-electron chi connectivity index (χ0n) is 21.9. The summed E-state index contributed by atoms with van der Waals surface area (Å²) in [6, 6.07) is 0. The van der Waals surface area contributed by atoms with Crippen molar-refractivity contribution < 1.29 is 18.6 Å². The first-order chi connectivity index (χ1) is 15.9. The molecule has 186 valence electrons. The molecule has 1 saturated heterocycles. The van der Waals surface area contributed by atoms with Crippen molar-refractivity contribution in [2.45, 2.75) is 98.4 Å². The molecule has 1 aromatic rings. The van der Waals surface area contributed by atoms with Crippen molar-refractivity contribution in [3.63, 3.8) is 0 Å². The van der Waals surface area contributed by atoms with Gasteiger partial charge in [-0.25, -0.2) is 4.79 Å². The Kier molecular flexibility index (Phi) is 4.56. The smallest absolute Gasteiger partial charge is 0.343 e. The van der Waals surface area contributed by atoms with E-state index in [0.717, 1.165) is 49.0 Å². The Morgan fingerprint density at radius 3 is 2.35 bits per heavy atom. The number of hydrogen-bond donors (Lipinski definition) is 0. The Morgan fingerprint density at radius 2 is 1.65 bits per heavy atom. The van der Waals surface area contributed by atoms with E-state index < -0.39 is 11.4 Å². The lowest BCUT2D eigenvalue weighted by Gasteiger charge is -2.69. The third-order valence-corrected chi connectivity index (χ3v) is 11.5. The SMILES string of the molecule is CC1=CC[C@@H]2[C@@]3(C)CCC4(OCCO4)C(C)(C)[C@@H]3CC[C@@]2(C)[C@]12Cc1c(c(C)c(C)oc1=O)O2. The van der Waals surface area contributed by atoms with Crippen molar-refractivity contribution in [2.24, 2.45) is 28.1 Å². The predicted octanol–water partition coefficient (Wildman–Crippen LogP) is 5.88. The van der Waals surface area contributed by atoms with Gasteiger partial charge in [0, 0.05) is 29.2 Å². The number of fused-ring (bicyclic) bond motifs is 5. The number of aryl methyl sites for hydroxylation is 1. The van der Waals surface area contributed by atoms with Gasteiger partial charge in [0.1, 0.15) is 17.1 Å². The first-order valence-corrected chi connectivity index (χ1v) is 13.2. The summed E-state index contributed by atoms with van der Waals surface area (Å²) in [5.41, 5.74) is 2.26. The molecule has 5 nitrogen and oxygen atoms in total. The van der Waals surface area contributed by atoms with Gasteiger partial charge in [0.2, 0.25) is 0 Å². The number of allylic oxidation sites excluding steroid dienone is 1. The van der Waals surface area contributed by atoms with Gasteiger partial charge < -0.3 is 18.6 Å². The minimum absolute atomic E-state index is 0.0601. The van der Waals surface area contributed by atoms with Gasteiger partial charge in [-0.3, -0.25) is 0 Å². The second-order valence-electron chi connectivity index (χ2n) is 12.8. The van der Waals surface area contributed by atoms with Gasteiger partial charge in [-0.15, -0.1) is 0 Å². The molecule has 5 heteroatoms. The van der Waals surface area contributed by atoms with E-state index in [4.69, 9.17) is 18.6 Å². The average molecular weight is 469 g/mol. The van der Waals surface area contributed by atoms with Gasteiger partial charge in [0.25, 0.3) is 0 Å². The molecule has 0 N–H and O–H groups in total. The maximum Gasteiger partial charge on any atom is 0.343 e. The topological polar surface area (TPSA) is 57.9 Å². The molecule has 0 aromatic carbocycles. The van der Waals surface area contributed by atoms with Crippen LogP contribution in [0.4, 0.5) is 0 Å². The minimum atomic E-state index is -0.487. The fourth-order valence-corrected chi connectivity index (χ4v) is 9.41. The van der Waals surface area contributed by atoms with E-state index in [-0.39, 0.29) is 21.9 Å². The highest BCUT2D eigenvalue weighted by atomic mass is 16.7. The van der Waals surface area contributed by atoms with Crippen LogP contribution in [0.5, 0.6) is 5.75 Å². The molecule has 3 heterocycles. The van der Waals surface area contributed by atoms with Crippen LogP contribution in [0.15, 0.2) is 20.9 Å². The summed E-state index contributed by atoms with van der Waals surface area (Å²) in [6.07, 6.45) is 8.31. The molecule has 6 rings (SSSR count). The van der Waals surface area contributed by atoms with Crippen LogP contribution in [-0.4, -0.2) is 24.6 Å². The molecule has 5 aliphatic rings. The highest BCUT2D eigenvalue weighted by molar-refractivity contribution is 5.49. The van der Waals surface area contributed by atoms with Gasteiger partial charge in [-0.05, 0) is 69.3 Å². The molecule has 0 unspecified atom stereocenters. The molecular weight excluding hydrogens is 428 g/mol. The van der Waals surface area contributed by atoms with Crippen molar-refractivity contribution in [1.82, 2.24) is 0 Å². The fraction of sp³-hybridized carbons (Fsp3) is 0.759. The second kappa shape index (κ2) is 6.79. The van der Waals surface area contributed by atoms with Gasteiger partial charge >= 0.3 is 5.63 Å². The molecular formula is C29H40O5. The fourth-order valence-electron chi connectivity index (χ4n) is 9.41. The summed E-state index contributed by atoms with van der Waals surface area (Å²) in [5.74, 6) is 1.95. The lowest BCUT2D eigenvalue weighted by atomic mass is 9.38. The lowest BCUT2D eigenvalue weighted by molar-refractivity contribution is -0.307. The molecule has 5 atom stereocenters. The second-order valence-corrected chi connectivity index (χ2v) is 12.8. The van der Waals surface area contributed by atoms with E-state index in [1.54, 1.807) is 0 Å². The van der Waals surface area contributed by atoms with E-state index in [1.165, 1.54) is 5.57 Å². The molecule has 2 spiro atoms. The standard InChI is InChI=1S/C29H40O5/c1-17-8-9-22-26(6)12-13-29(31-14-15-32-29)25(4,5)21(26)10-11-27(22,7)28(17)16-20-23(34-28)18(2)19(3)33-24(20)30/h8,21-22H,9-16H2,1-7H3/t21-,22+,26-,27+,28-/m0/s1. The summed E-state index contributed by atoms with van der Waals surface area (Å²) >= 11 is 0. The number of hydrogen-bond acceptors (Lipinski definition) is 5. The van der Waals surface area contributed by atoms with Crippen molar-refractivity contribution in [3.05, 3.63) is 39.0 Å². The van der Waals surface area contributed by atoms with Crippen molar-refractivity contribution >= 4 is 0 Å². The molecule has 3 fully saturated rings. The van der Waals surface area contributed by atoms with Crippen molar-refractivity contribution in [2.75, 3.05) is 13.2 Å². The Labute approximate surface area is 203 Å². The van der Waals surface area contributed by atoms with Gasteiger partial charge in [-0.2, -0.15) is 0 Å². The maximum absolute atomic E-state index is 12.9. The quantitative estimate of drug-likeness (QED) is 0.445. The van der Waals surface area contributed by atoms with E-state index in [1.807, 2.05) is 13.8 Å². The summed E-state index contributed by atoms with van der Waals surface area (Å²) in [5, 5.41) is 0. The van der Waals surface area contributed by atoms with Crippen LogP contribution in [0, 0.1) is 41.9 Å². The average Bonchev–Trinajstić information content (AvgIpc) is 3.42. The molecule has 3 aliphatic carbocycles. The van der Waals surface area contributed by atoms with Crippen LogP contribution in [0.2, 0.25) is 0 Å². The van der Waals surface area contributed by atoms with Crippen LogP contribution in [0.3, 0.4) is 0 Å². The molecule has 1 aromatic heterocycles. The highest BCUT2D eigenvalue weighted by Gasteiger charge is 2.71. The van der Waals surface area contributed by atoms with Crippen LogP contribution in [-0.2, 0) is 15.9 Å². The highest BCUT2D eigenvalue weighted by Crippen LogP contribution is 2.72. The van der Waals surface area contributed by atoms with Crippen LogP contribution in [0.25, 0.3) is 0 Å². The van der Waals surface area contributed by atoms with Gasteiger partial charge in [0.05, 0.1) is 18.8 Å². The third kappa shape index (κ3) is 2.46. The van der Waals surface area contributed by atoms with E-state index in [9.17, 15) is 4.79 Å². The van der Waals surface area contributed by atoms with E-state index >= 15 is 0 Å². The summed E-state index contributed by atoms with van der Waals surface area (Å²) in [6.45, 7) is 17.2. The largest absolute Gasteiger partial charge is 0.481 e. The lowest BCUT2D eigenvalue weighted by Crippen LogP contribution is -2.68. The number of rotatable bonds is 0. The summed E-state index contributed by atoms with van der Waals surface area (Å²) < 4.78 is 25.3. The molecule has 34 heavy (non-hydrogen) atoms. The number of ether oxygens (including phenoxy) is 3. The van der Waals surface area contributed by atoms with Crippen LogP contribution < -0.4 is 10.4 Å². The van der Waals surface area contributed by atoms with Gasteiger partial charge in [0.15, 0.2) is 5.79 Å².